The van der Waals surface area contributed by atoms with Gasteiger partial charge in [-0.3, -0.25) is 0 Å². The highest BCUT2D eigenvalue weighted by molar-refractivity contribution is 9.10. The van der Waals surface area contributed by atoms with E-state index in [4.69, 9.17) is 9.84 Å². The van der Waals surface area contributed by atoms with E-state index in [0.717, 1.165) is 15.6 Å². The number of carboxylic acid groups (broad SMARTS) is 1. The molecule has 1 atom stereocenters. The normalized spacial score (nSPS) is 12.5. The molecule has 1 rings (SSSR count). The van der Waals surface area contributed by atoms with Gasteiger partial charge in [0.2, 0.25) is 0 Å². The summed E-state index contributed by atoms with van der Waals surface area (Å²) in [6.07, 6.45) is -0.893. The summed E-state index contributed by atoms with van der Waals surface area (Å²) in [5, 5.41) is 8.94. The number of benzene rings is 1. The van der Waals surface area contributed by atoms with Gasteiger partial charge in [0.25, 0.3) is 0 Å². The summed E-state index contributed by atoms with van der Waals surface area (Å²) in [4.78, 5) is 10.9. The van der Waals surface area contributed by atoms with Crippen LogP contribution in [0.4, 0.5) is 0 Å². The van der Waals surface area contributed by atoms with Crippen molar-refractivity contribution in [1.29, 1.82) is 0 Å². The van der Waals surface area contributed by atoms with Gasteiger partial charge in [0, 0.05) is 11.6 Å². The van der Waals surface area contributed by atoms with Gasteiger partial charge in [-0.15, -0.1) is 0 Å². The summed E-state index contributed by atoms with van der Waals surface area (Å²) in [6.45, 7) is 3.85. The second kappa shape index (κ2) is 4.77. The highest BCUT2D eigenvalue weighted by Crippen LogP contribution is 2.26. The summed E-state index contributed by atoms with van der Waals surface area (Å²) in [6, 6.07) is 3.64. The zero-order valence-electron chi connectivity index (χ0n) is 8.87. The molecule has 1 unspecified atom stereocenters. The molecule has 0 saturated carbocycles. The van der Waals surface area contributed by atoms with Crippen LogP contribution in [0, 0.1) is 13.8 Å². The Morgan fingerprint density at radius 1 is 1.40 bits per heavy atom. The standard InChI is InChI=1S/C11H13BrO3/c1-6-4-8(5-7(2)9(6)12)10(15-3)11(13)14/h4-5,10H,1-3H3,(H,13,14). The smallest absolute Gasteiger partial charge is 0.337 e. The van der Waals surface area contributed by atoms with Crippen LogP contribution in [0.2, 0.25) is 0 Å². The zero-order valence-corrected chi connectivity index (χ0v) is 10.5. The van der Waals surface area contributed by atoms with Crippen molar-refractivity contribution in [2.45, 2.75) is 20.0 Å². The van der Waals surface area contributed by atoms with Gasteiger partial charge in [-0.25, -0.2) is 4.79 Å². The van der Waals surface area contributed by atoms with Crippen LogP contribution in [0.5, 0.6) is 0 Å². The molecule has 0 spiro atoms. The maximum atomic E-state index is 10.9. The van der Waals surface area contributed by atoms with Crippen LogP contribution in [0.25, 0.3) is 0 Å². The van der Waals surface area contributed by atoms with Crippen LogP contribution in [0.3, 0.4) is 0 Å². The first-order valence-electron chi connectivity index (χ1n) is 4.49. The fraction of sp³-hybridized carbons (Fsp3) is 0.364. The largest absolute Gasteiger partial charge is 0.479 e. The Morgan fingerprint density at radius 2 is 1.87 bits per heavy atom. The highest BCUT2D eigenvalue weighted by atomic mass is 79.9. The van der Waals surface area contributed by atoms with Crippen molar-refractivity contribution in [3.8, 4) is 0 Å². The summed E-state index contributed by atoms with van der Waals surface area (Å²) in [5.41, 5.74) is 2.69. The predicted octanol–water partition coefficient (Wildman–Crippen LogP) is 2.84. The second-order valence-corrected chi connectivity index (χ2v) is 4.22. The molecule has 1 aromatic carbocycles. The molecule has 0 aliphatic carbocycles. The van der Waals surface area contributed by atoms with Gasteiger partial charge in [0.05, 0.1) is 0 Å². The lowest BCUT2D eigenvalue weighted by atomic mass is 10.0. The number of carboxylic acids is 1. The van der Waals surface area contributed by atoms with Crippen LogP contribution in [0.1, 0.15) is 22.8 Å². The van der Waals surface area contributed by atoms with E-state index in [2.05, 4.69) is 15.9 Å². The minimum atomic E-state index is -0.973. The molecule has 1 N–H and O–H groups in total. The first kappa shape index (κ1) is 12.2. The molecular formula is C11H13BrO3. The molecule has 4 heteroatoms. The minimum Gasteiger partial charge on any atom is -0.479 e. The Balaban J connectivity index is 3.20. The minimum absolute atomic E-state index is 0.670. The van der Waals surface area contributed by atoms with E-state index in [1.165, 1.54) is 7.11 Å². The number of aliphatic carboxylic acids is 1. The number of hydrogen-bond donors (Lipinski definition) is 1. The first-order chi connectivity index (χ1) is 6.97. The Hall–Kier alpha value is -0.870. The zero-order chi connectivity index (χ0) is 11.6. The van der Waals surface area contributed by atoms with Crippen LogP contribution in [-0.4, -0.2) is 18.2 Å². The number of carbonyl (C=O) groups is 1. The van der Waals surface area contributed by atoms with Gasteiger partial charge in [-0.05, 0) is 30.5 Å². The van der Waals surface area contributed by atoms with Gasteiger partial charge >= 0.3 is 5.97 Å². The van der Waals surface area contributed by atoms with Crippen molar-refractivity contribution in [2.24, 2.45) is 0 Å². The molecule has 1 aromatic rings. The van der Waals surface area contributed by atoms with E-state index < -0.39 is 12.1 Å². The number of rotatable bonds is 3. The molecule has 3 nitrogen and oxygen atoms in total. The van der Waals surface area contributed by atoms with Gasteiger partial charge < -0.3 is 9.84 Å². The Kier molecular flexibility index (Phi) is 3.88. The third kappa shape index (κ3) is 2.58. The lowest BCUT2D eigenvalue weighted by Gasteiger charge is -2.13. The van der Waals surface area contributed by atoms with Crippen molar-refractivity contribution in [2.75, 3.05) is 7.11 Å². The number of aryl methyl sites for hydroxylation is 2. The number of halogens is 1. The van der Waals surface area contributed by atoms with Gasteiger partial charge in [-0.1, -0.05) is 28.1 Å². The Labute approximate surface area is 97.2 Å². The number of ether oxygens (including phenoxy) is 1. The van der Waals surface area contributed by atoms with Gasteiger partial charge in [-0.2, -0.15) is 0 Å². The van der Waals surface area contributed by atoms with E-state index in [1.807, 2.05) is 26.0 Å². The SMILES string of the molecule is COC(C(=O)O)c1cc(C)c(Br)c(C)c1. The average molecular weight is 273 g/mol. The van der Waals surface area contributed by atoms with E-state index in [9.17, 15) is 4.79 Å². The number of hydrogen-bond acceptors (Lipinski definition) is 2. The van der Waals surface area contributed by atoms with E-state index >= 15 is 0 Å². The molecule has 0 heterocycles. The van der Waals surface area contributed by atoms with Crippen molar-refractivity contribution < 1.29 is 14.6 Å². The quantitative estimate of drug-likeness (QED) is 0.921. The molecule has 82 valence electrons. The highest BCUT2D eigenvalue weighted by Gasteiger charge is 2.20. The van der Waals surface area contributed by atoms with Crippen LogP contribution >= 0.6 is 15.9 Å². The fourth-order valence-corrected chi connectivity index (χ4v) is 1.74. The Bertz CT molecular complexity index is 364. The Morgan fingerprint density at radius 3 is 2.20 bits per heavy atom. The van der Waals surface area contributed by atoms with Gasteiger partial charge in [0.1, 0.15) is 0 Å². The van der Waals surface area contributed by atoms with E-state index in [1.54, 1.807) is 0 Å². The van der Waals surface area contributed by atoms with E-state index in [-0.39, 0.29) is 0 Å². The molecule has 0 aliphatic heterocycles. The molecule has 0 aliphatic rings. The molecule has 0 radical (unpaired) electrons. The third-order valence-corrected chi connectivity index (χ3v) is 3.47. The average Bonchev–Trinajstić information content (AvgIpc) is 2.14. The number of methoxy groups -OCH3 is 1. The molecular weight excluding hydrogens is 260 g/mol. The monoisotopic (exact) mass is 272 g/mol. The van der Waals surface area contributed by atoms with Crippen LogP contribution < -0.4 is 0 Å². The molecule has 0 saturated heterocycles. The summed E-state index contributed by atoms with van der Waals surface area (Å²) in [7, 11) is 1.39. The predicted molar refractivity (Wildman–Crippen MR) is 61.0 cm³/mol. The van der Waals surface area contributed by atoms with Crippen molar-refractivity contribution in [3.05, 3.63) is 33.3 Å². The molecule has 15 heavy (non-hydrogen) atoms. The summed E-state index contributed by atoms with van der Waals surface area (Å²) in [5.74, 6) is -0.973. The third-order valence-electron chi connectivity index (χ3n) is 2.22. The maximum Gasteiger partial charge on any atom is 0.337 e. The van der Waals surface area contributed by atoms with Crippen molar-refractivity contribution in [1.82, 2.24) is 0 Å². The first-order valence-corrected chi connectivity index (χ1v) is 5.29. The summed E-state index contributed by atoms with van der Waals surface area (Å²) < 4.78 is 5.94. The van der Waals surface area contributed by atoms with Crippen LogP contribution in [0.15, 0.2) is 16.6 Å². The van der Waals surface area contributed by atoms with Crippen molar-refractivity contribution in [3.63, 3.8) is 0 Å². The lowest BCUT2D eigenvalue weighted by molar-refractivity contribution is -0.148. The maximum absolute atomic E-state index is 10.9. The van der Waals surface area contributed by atoms with Crippen molar-refractivity contribution >= 4 is 21.9 Å². The molecule has 0 amide bonds. The second-order valence-electron chi connectivity index (χ2n) is 3.42. The lowest BCUT2D eigenvalue weighted by Crippen LogP contribution is -2.13. The topological polar surface area (TPSA) is 46.5 Å². The molecule has 0 aromatic heterocycles. The van der Waals surface area contributed by atoms with E-state index in [0.29, 0.717) is 5.56 Å². The molecule has 0 fully saturated rings. The van der Waals surface area contributed by atoms with Crippen LogP contribution in [-0.2, 0) is 9.53 Å². The summed E-state index contributed by atoms with van der Waals surface area (Å²) >= 11 is 3.43. The fourth-order valence-electron chi connectivity index (χ4n) is 1.51. The molecule has 0 bridgehead atoms. The van der Waals surface area contributed by atoms with Gasteiger partial charge in [0.15, 0.2) is 6.10 Å².